The van der Waals surface area contributed by atoms with E-state index in [9.17, 15) is 0 Å². The molecule has 0 atom stereocenters. The molecule has 2 nitrogen and oxygen atoms in total. The van der Waals surface area contributed by atoms with Crippen molar-refractivity contribution in [1.82, 2.24) is 5.43 Å². The SMILES string of the molecule is CC1(C)CCC(NN)CC1.Cl.Cl. The van der Waals surface area contributed by atoms with Crippen molar-refractivity contribution < 1.29 is 0 Å². The number of hydrogen-bond donors (Lipinski definition) is 2. The molecule has 1 fully saturated rings. The van der Waals surface area contributed by atoms with Gasteiger partial charge in [-0.2, -0.15) is 0 Å². The predicted octanol–water partition coefficient (Wildman–Crippen LogP) is 2.26. The molecule has 0 heterocycles. The second kappa shape index (κ2) is 6.03. The zero-order valence-corrected chi connectivity index (χ0v) is 9.43. The van der Waals surface area contributed by atoms with Gasteiger partial charge in [-0.1, -0.05) is 13.8 Å². The van der Waals surface area contributed by atoms with Gasteiger partial charge in [0.1, 0.15) is 0 Å². The van der Waals surface area contributed by atoms with Gasteiger partial charge in [0.2, 0.25) is 0 Å². The maximum Gasteiger partial charge on any atom is 0.0210 e. The Hall–Kier alpha value is 0.500. The largest absolute Gasteiger partial charge is 0.271 e. The van der Waals surface area contributed by atoms with Crippen molar-refractivity contribution in [3.63, 3.8) is 0 Å². The lowest BCUT2D eigenvalue weighted by Crippen LogP contribution is -2.39. The van der Waals surface area contributed by atoms with Gasteiger partial charge in [0.15, 0.2) is 0 Å². The lowest BCUT2D eigenvalue weighted by atomic mass is 9.76. The van der Waals surface area contributed by atoms with E-state index in [0.717, 1.165) is 0 Å². The molecule has 0 spiro atoms. The summed E-state index contributed by atoms with van der Waals surface area (Å²) in [5.41, 5.74) is 3.40. The summed E-state index contributed by atoms with van der Waals surface area (Å²) in [7, 11) is 0. The van der Waals surface area contributed by atoms with Crippen molar-refractivity contribution in [1.29, 1.82) is 0 Å². The lowest BCUT2D eigenvalue weighted by molar-refractivity contribution is 0.207. The van der Waals surface area contributed by atoms with Gasteiger partial charge in [-0.05, 0) is 31.1 Å². The topological polar surface area (TPSA) is 38.0 Å². The molecule has 0 aliphatic heterocycles. The van der Waals surface area contributed by atoms with E-state index in [2.05, 4.69) is 19.3 Å². The van der Waals surface area contributed by atoms with Crippen molar-refractivity contribution in [2.45, 2.75) is 45.6 Å². The van der Waals surface area contributed by atoms with Crippen LogP contribution >= 0.6 is 24.8 Å². The average molecular weight is 215 g/mol. The van der Waals surface area contributed by atoms with Gasteiger partial charge in [0, 0.05) is 6.04 Å². The summed E-state index contributed by atoms with van der Waals surface area (Å²) in [5.74, 6) is 5.34. The summed E-state index contributed by atoms with van der Waals surface area (Å²) in [4.78, 5) is 0. The van der Waals surface area contributed by atoms with Gasteiger partial charge < -0.3 is 0 Å². The van der Waals surface area contributed by atoms with E-state index in [1.54, 1.807) is 0 Å². The fourth-order valence-corrected chi connectivity index (χ4v) is 1.57. The van der Waals surface area contributed by atoms with Crippen LogP contribution < -0.4 is 11.3 Å². The van der Waals surface area contributed by atoms with Gasteiger partial charge in [-0.25, -0.2) is 0 Å². The van der Waals surface area contributed by atoms with Gasteiger partial charge in [-0.15, -0.1) is 24.8 Å². The molecule has 1 saturated carbocycles. The van der Waals surface area contributed by atoms with Crippen molar-refractivity contribution in [3.8, 4) is 0 Å². The van der Waals surface area contributed by atoms with Crippen molar-refractivity contribution in [3.05, 3.63) is 0 Å². The van der Waals surface area contributed by atoms with Crippen LogP contribution in [-0.4, -0.2) is 6.04 Å². The molecule has 1 aliphatic carbocycles. The first-order valence-corrected chi connectivity index (χ1v) is 4.10. The van der Waals surface area contributed by atoms with Crippen LogP contribution in [0.1, 0.15) is 39.5 Å². The van der Waals surface area contributed by atoms with Crippen LogP contribution in [0.15, 0.2) is 0 Å². The van der Waals surface area contributed by atoms with E-state index in [1.807, 2.05) is 0 Å². The van der Waals surface area contributed by atoms with Crippen LogP contribution in [0, 0.1) is 5.41 Å². The molecular weight excluding hydrogens is 195 g/mol. The smallest absolute Gasteiger partial charge is 0.0210 e. The maximum absolute atomic E-state index is 5.34. The standard InChI is InChI=1S/C8H18N2.2ClH/c1-8(2)5-3-7(10-9)4-6-8;;/h7,10H,3-6,9H2,1-2H3;2*1H. The average Bonchev–Trinajstić information content (AvgIpc) is 1.88. The number of hydrazine groups is 1. The first kappa shape index (κ1) is 15.0. The molecule has 0 aromatic rings. The van der Waals surface area contributed by atoms with Crippen LogP contribution in [-0.2, 0) is 0 Å². The number of nitrogens with two attached hydrogens (primary N) is 1. The van der Waals surface area contributed by atoms with Crippen molar-refractivity contribution in [2.75, 3.05) is 0 Å². The molecular formula is C8H20Cl2N2. The zero-order valence-electron chi connectivity index (χ0n) is 7.80. The Kier molecular flexibility index (Phi) is 7.54. The molecule has 1 aliphatic rings. The second-order valence-corrected chi connectivity index (χ2v) is 4.11. The Morgan fingerprint density at radius 3 is 1.92 bits per heavy atom. The van der Waals surface area contributed by atoms with Crippen LogP contribution in [0.4, 0.5) is 0 Å². The minimum Gasteiger partial charge on any atom is -0.271 e. The molecule has 0 bridgehead atoms. The first-order chi connectivity index (χ1) is 4.64. The minimum absolute atomic E-state index is 0. The summed E-state index contributed by atoms with van der Waals surface area (Å²) in [6.45, 7) is 4.67. The number of nitrogens with one attached hydrogen (secondary N) is 1. The molecule has 0 saturated heterocycles. The summed E-state index contributed by atoms with van der Waals surface area (Å²) >= 11 is 0. The molecule has 1 rings (SSSR count). The van der Waals surface area contributed by atoms with E-state index in [-0.39, 0.29) is 24.8 Å². The first-order valence-electron chi connectivity index (χ1n) is 4.10. The third-order valence-corrected chi connectivity index (χ3v) is 2.57. The molecule has 0 aromatic heterocycles. The third kappa shape index (κ3) is 4.51. The summed E-state index contributed by atoms with van der Waals surface area (Å²) in [6.07, 6.45) is 5.09. The molecule has 12 heavy (non-hydrogen) atoms. The van der Waals surface area contributed by atoms with Crippen LogP contribution in [0.5, 0.6) is 0 Å². The van der Waals surface area contributed by atoms with Gasteiger partial charge in [0.25, 0.3) is 0 Å². The molecule has 0 radical (unpaired) electrons. The van der Waals surface area contributed by atoms with E-state index >= 15 is 0 Å². The fourth-order valence-electron chi connectivity index (χ4n) is 1.57. The van der Waals surface area contributed by atoms with Crippen LogP contribution in [0.3, 0.4) is 0 Å². The highest BCUT2D eigenvalue weighted by Gasteiger charge is 2.25. The normalized spacial score (nSPS) is 22.2. The highest BCUT2D eigenvalue weighted by molar-refractivity contribution is 5.85. The highest BCUT2D eigenvalue weighted by Crippen LogP contribution is 2.34. The second-order valence-electron chi connectivity index (χ2n) is 4.11. The molecule has 0 unspecified atom stereocenters. The van der Waals surface area contributed by atoms with E-state index in [0.29, 0.717) is 11.5 Å². The van der Waals surface area contributed by atoms with Crippen LogP contribution in [0.25, 0.3) is 0 Å². The van der Waals surface area contributed by atoms with Gasteiger partial charge >= 0.3 is 0 Å². The Morgan fingerprint density at radius 2 is 1.58 bits per heavy atom. The summed E-state index contributed by atoms with van der Waals surface area (Å²) in [5, 5.41) is 0. The molecule has 4 heteroatoms. The number of halogens is 2. The van der Waals surface area contributed by atoms with E-state index in [1.165, 1.54) is 25.7 Å². The molecule has 0 aromatic carbocycles. The van der Waals surface area contributed by atoms with Crippen molar-refractivity contribution in [2.24, 2.45) is 11.3 Å². The quantitative estimate of drug-likeness (QED) is 0.520. The van der Waals surface area contributed by atoms with Crippen molar-refractivity contribution >= 4 is 24.8 Å². The van der Waals surface area contributed by atoms with E-state index in [4.69, 9.17) is 5.84 Å². The summed E-state index contributed by atoms with van der Waals surface area (Å²) < 4.78 is 0. The van der Waals surface area contributed by atoms with Crippen LogP contribution in [0.2, 0.25) is 0 Å². The van der Waals surface area contributed by atoms with Gasteiger partial charge in [0.05, 0.1) is 0 Å². The lowest BCUT2D eigenvalue weighted by Gasteiger charge is -2.33. The Balaban J connectivity index is 0. The van der Waals surface area contributed by atoms with E-state index < -0.39 is 0 Å². The Bertz CT molecular complexity index is 108. The minimum atomic E-state index is 0. The molecule has 3 N–H and O–H groups in total. The number of rotatable bonds is 1. The molecule has 0 amide bonds. The highest BCUT2D eigenvalue weighted by atomic mass is 35.5. The monoisotopic (exact) mass is 214 g/mol. The zero-order chi connectivity index (χ0) is 7.61. The third-order valence-electron chi connectivity index (χ3n) is 2.57. The predicted molar refractivity (Wildman–Crippen MR) is 57.9 cm³/mol. The number of hydrogen-bond acceptors (Lipinski definition) is 2. The fraction of sp³-hybridized carbons (Fsp3) is 1.00. The molecule has 76 valence electrons. The van der Waals surface area contributed by atoms with Gasteiger partial charge in [-0.3, -0.25) is 11.3 Å². The maximum atomic E-state index is 5.34. The Labute approximate surface area is 87.5 Å². The summed E-state index contributed by atoms with van der Waals surface area (Å²) in [6, 6.07) is 0.577. The Morgan fingerprint density at radius 1 is 1.17 bits per heavy atom.